The summed E-state index contributed by atoms with van der Waals surface area (Å²) >= 11 is 0.709. The lowest BCUT2D eigenvalue weighted by molar-refractivity contribution is -0.383. The van der Waals surface area contributed by atoms with Gasteiger partial charge in [-0.05, 0) is 6.42 Å². The lowest BCUT2D eigenvalue weighted by atomic mass is 10.3. The van der Waals surface area contributed by atoms with Crippen molar-refractivity contribution in [2.24, 2.45) is 5.84 Å². The van der Waals surface area contributed by atoms with Gasteiger partial charge in [0.05, 0.1) is 11.5 Å². The normalized spacial score (nSPS) is 19.5. The van der Waals surface area contributed by atoms with Crippen LogP contribution >= 0.6 is 11.3 Å². The van der Waals surface area contributed by atoms with Crippen molar-refractivity contribution in [1.29, 1.82) is 0 Å². The van der Waals surface area contributed by atoms with Crippen molar-refractivity contribution in [2.45, 2.75) is 16.7 Å². The van der Waals surface area contributed by atoms with Crippen LogP contribution in [0.2, 0.25) is 0 Å². The molecule has 1 aliphatic rings. The zero-order valence-electron chi connectivity index (χ0n) is 9.66. The lowest BCUT2D eigenvalue weighted by Crippen LogP contribution is -2.34. The van der Waals surface area contributed by atoms with Crippen LogP contribution in [-0.4, -0.2) is 32.6 Å². The Labute approximate surface area is 112 Å². The van der Waals surface area contributed by atoms with E-state index in [1.165, 1.54) is 0 Å². The van der Waals surface area contributed by atoms with E-state index in [9.17, 15) is 18.5 Å². The van der Waals surface area contributed by atoms with Crippen LogP contribution in [0.25, 0.3) is 0 Å². The van der Waals surface area contributed by atoms with E-state index in [1.54, 1.807) is 0 Å². The van der Waals surface area contributed by atoms with Gasteiger partial charge in [0.15, 0.2) is 5.00 Å². The first-order valence-electron chi connectivity index (χ1n) is 5.29. The minimum absolute atomic E-state index is 0.00644. The molecule has 0 saturated carbocycles. The maximum Gasteiger partial charge on any atom is 0.306 e. The molecule has 0 aromatic carbocycles. The summed E-state index contributed by atoms with van der Waals surface area (Å²) in [7, 11) is -3.80. The van der Waals surface area contributed by atoms with Crippen LogP contribution in [-0.2, 0) is 14.8 Å². The molecule has 1 atom stereocenters. The average molecular weight is 308 g/mol. The van der Waals surface area contributed by atoms with Crippen molar-refractivity contribution < 1.29 is 18.1 Å². The molecule has 0 aliphatic carbocycles. The molecular formula is C8H12N4O5S2. The molecule has 2 heterocycles. The molecule has 9 nitrogen and oxygen atoms in total. The highest BCUT2D eigenvalue weighted by Crippen LogP contribution is 2.36. The molecule has 1 unspecified atom stereocenters. The molecule has 2 rings (SSSR count). The maximum atomic E-state index is 12.0. The number of anilines is 1. The van der Waals surface area contributed by atoms with Crippen molar-refractivity contribution >= 4 is 32.0 Å². The summed E-state index contributed by atoms with van der Waals surface area (Å²) in [6.45, 7) is 0.794. The highest BCUT2D eigenvalue weighted by Gasteiger charge is 2.29. The van der Waals surface area contributed by atoms with E-state index in [-0.39, 0.29) is 20.9 Å². The van der Waals surface area contributed by atoms with Gasteiger partial charge in [0.25, 0.3) is 10.0 Å². The Kier molecular flexibility index (Phi) is 4.01. The van der Waals surface area contributed by atoms with Crippen molar-refractivity contribution in [1.82, 2.24) is 4.72 Å². The molecular weight excluding hydrogens is 296 g/mol. The summed E-state index contributed by atoms with van der Waals surface area (Å²) in [5.41, 5.74) is 1.76. The second-order valence-electron chi connectivity index (χ2n) is 3.86. The molecule has 11 heteroatoms. The monoisotopic (exact) mass is 308 g/mol. The molecule has 1 fully saturated rings. The largest absolute Gasteiger partial charge is 0.380 e. The Morgan fingerprint density at radius 1 is 1.58 bits per heavy atom. The van der Waals surface area contributed by atoms with Crippen molar-refractivity contribution in [3.63, 3.8) is 0 Å². The number of nitrogens with two attached hydrogens (primary N) is 1. The van der Waals surface area contributed by atoms with Gasteiger partial charge < -0.3 is 10.2 Å². The molecule has 1 aromatic heterocycles. The maximum absolute atomic E-state index is 12.0. The summed E-state index contributed by atoms with van der Waals surface area (Å²) in [5, 5.41) is 10.7. The molecule has 106 valence electrons. The SMILES string of the molecule is NNc1sc(S(=O)(=O)NC2CCOC2)cc1[N+](=O)[O-]. The third kappa shape index (κ3) is 3.01. The van der Waals surface area contributed by atoms with E-state index in [1.807, 2.05) is 0 Å². The van der Waals surface area contributed by atoms with Crippen LogP contribution in [0.1, 0.15) is 6.42 Å². The Morgan fingerprint density at radius 2 is 2.32 bits per heavy atom. The van der Waals surface area contributed by atoms with E-state index in [0.29, 0.717) is 31.0 Å². The molecule has 19 heavy (non-hydrogen) atoms. The van der Waals surface area contributed by atoms with Crippen LogP contribution in [0.15, 0.2) is 10.3 Å². The average Bonchev–Trinajstić information content (AvgIpc) is 2.95. The fourth-order valence-corrected chi connectivity index (χ4v) is 4.15. The molecule has 0 spiro atoms. The Morgan fingerprint density at radius 3 is 2.79 bits per heavy atom. The first kappa shape index (κ1) is 14.1. The van der Waals surface area contributed by atoms with E-state index in [0.717, 1.165) is 6.07 Å². The van der Waals surface area contributed by atoms with Gasteiger partial charge in [0.1, 0.15) is 4.21 Å². The third-order valence-corrected chi connectivity index (χ3v) is 5.58. The minimum Gasteiger partial charge on any atom is -0.380 e. The van der Waals surface area contributed by atoms with E-state index in [2.05, 4.69) is 10.1 Å². The van der Waals surface area contributed by atoms with Gasteiger partial charge in [-0.15, -0.1) is 0 Å². The quantitative estimate of drug-likeness (QED) is 0.396. The van der Waals surface area contributed by atoms with Crippen LogP contribution in [0.4, 0.5) is 10.7 Å². The molecule has 1 aromatic rings. The highest BCUT2D eigenvalue weighted by atomic mass is 32.2. The van der Waals surface area contributed by atoms with E-state index in [4.69, 9.17) is 10.6 Å². The van der Waals surface area contributed by atoms with E-state index >= 15 is 0 Å². The predicted octanol–water partition coefficient (Wildman–Crippen LogP) is 0.00910. The Hall–Kier alpha value is -1.27. The second kappa shape index (κ2) is 5.38. The zero-order chi connectivity index (χ0) is 14.0. The smallest absolute Gasteiger partial charge is 0.306 e. The number of nitrogen functional groups attached to an aromatic ring is 1. The van der Waals surface area contributed by atoms with Gasteiger partial charge in [-0.1, -0.05) is 11.3 Å². The molecule has 1 aliphatic heterocycles. The van der Waals surface area contributed by atoms with Gasteiger partial charge in [0.2, 0.25) is 0 Å². The van der Waals surface area contributed by atoms with Crippen LogP contribution in [0.5, 0.6) is 0 Å². The highest BCUT2D eigenvalue weighted by molar-refractivity contribution is 7.91. The second-order valence-corrected chi connectivity index (χ2v) is 6.86. The lowest BCUT2D eigenvalue weighted by Gasteiger charge is -2.09. The molecule has 1 saturated heterocycles. The fraction of sp³-hybridized carbons (Fsp3) is 0.500. The fourth-order valence-electron chi connectivity index (χ4n) is 1.64. The summed E-state index contributed by atoms with van der Waals surface area (Å²) < 4.78 is 31.4. The van der Waals surface area contributed by atoms with Crippen LogP contribution < -0.4 is 16.0 Å². The van der Waals surface area contributed by atoms with Crippen molar-refractivity contribution in [3.8, 4) is 0 Å². The number of hydrogen-bond donors (Lipinski definition) is 3. The Balaban J connectivity index is 2.27. The molecule has 0 radical (unpaired) electrons. The number of hydrogen-bond acceptors (Lipinski definition) is 8. The zero-order valence-corrected chi connectivity index (χ0v) is 11.3. The number of rotatable bonds is 5. The van der Waals surface area contributed by atoms with Crippen molar-refractivity contribution in [2.75, 3.05) is 18.6 Å². The number of hydrazine groups is 1. The summed E-state index contributed by atoms with van der Waals surface area (Å²) in [6.07, 6.45) is 0.578. The molecule has 4 N–H and O–H groups in total. The summed E-state index contributed by atoms with van der Waals surface area (Å²) in [5.74, 6) is 5.13. The predicted molar refractivity (Wildman–Crippen MR) is 68.3 cm³/mol. The topological polar surface area (TPSA) is 137 Å². The van der Waals surface area contributed by atoms with Gasteiger partial charge in [-0.2, -0.15) is 0 Å². The molecule has 0 bridgehead atoms. The van der Waals surface area contributed by atoms with E-state index < -0.39 is 14.9 Å². The number of thiophene rings is 1. The summed E-state index contributed by atoms with van der Waals surface area (Å²) in [4.78, 5) is 10.1. The minimum atomic E-state index is -3.80. The number of nitrogens with one attached hydrogen (secondary N) is 2. The van der Waals surface area contributed by atoms with Crippen LogP contribution in [0.3, 0.4) is 0 Å². The number of sulfonamides is 1. The first-order chi connectivity index (χ1) is 8.94. The van der Waals surface area contributed by atoms with Crippen LogP contribution in [0, 0.1) is 10.1 Å². The standard InChI is InChI=1S/C8H12N4O5S2/c9-10-8-6(12(13)14)3-7(18-8)19(15,16)11-5-1-2-17-4-5/h3,5,10-11H,1-2,4,9H2. The Bertz CT molecular complexity index is 578. The summed E-state index contributed by atoms with van der Waals surface area (Å²) in [6, 6.07) is 0.679. The van der Waals surface area contributed by atoms with Gasteiger partial charge >= 0.3 is 5.69 Å². The van der Waals surface area contributed by atoms with Gasteiger partial charge in [-0.3, -0.25) is 10.1 Å². The number of nitro groups is 1. The number of nitrogens with zero attached hydrogens (tertiary/aromatic N) is 1. The molecule has 0 amide bonds. The van der Waals surface area contributed by atoms with Gasteiger partial charge in [-0.25, -0.2) is 19.0 Å². The van der Waals surface area contributed by atoms with Gasteiger partial charge in [0, 0.05) is 18.7 Å². The third-order valence-electron chi connectivity index (χ3n) is 2.53. The number of ether oxygens (including phenoxy) is 1. The van der Waals surface area contributed by atoms with Crippen molar-refractivity contribution in [3.05, 3.63) is 16.2 Å². The first-order valence-corrected chi connectivity index (χ1v) is 7.59.